The molecule has 0 spiro atoms. The van der Waals surface area contributed by atoms with Gasteiger partial charge in [0.2, 0.25) is 5.82 Å². The Morgan fingerprint density at radius 1 is 1.15 bits per heavy atom. The summed E-state index contributed by atoms with van der Waals surface area (Å²) in [7, 11) is 3.05. The van der Waals surface area contributed by atoms with Crippen LogP contribution in [0.5, 0.6) is 11.5 Å². The highest BCUT2D eigenvalue weighted by Crippen LogP contribution is 2.36. The average Bonchev–Trinajstić information content (AvgIpc) is 3.11. The first-order valence-corrected chi connectivity index (χ1v) is 7.70. The lowest BCUT2D eigenvalue weighted by Gasteiger charge is -2.16. The van der Waals surface area contributed by atoms with Gasteiger partial charge < -0.3 is 9.47 Å². The minimum Gasteiger partial charge on any atom is -0.494 e. The topological polar surface area (TPSA) is 117 Å². The Morgan fingerprint density at radius 2 is 1.85 bits per heavy atom. The van der Waals surface area contributed by atoms with Crippen LogP contribution in [0, 0.1) is 6.92 Å². The number of amides is 1. The number of pyridine rings is 1. The van der Waals surface area contributed by atoms with E-state index in [4.69, 9.17) is 15.3 Å². The number of rotatable bonds is 5. The number of nitrogen functional groups attached to an aromatic ring is 1. The summed E-state index contributed by atoms with van der Waals surface area (Å²) in [6, 6.07) is 7.17. The lowest BCUT2D eigenvalue weighted by Crippen LogP contribution is -2.32. The molecule has 0 saturated heterocycles. The monoisotopic (exact) mass is 354 g/mol. The Balaban J connectivity index is 2.36. The summed E-state index contributed by atoms with van der Waals surface area (Å²) < 4.78 is 12.5. The fourth-order valence-electron chi connectivity index (χ4n) is 2.62. The van der Waals surface area contributed by atoms with Crippen LogP contribution in [0.15, 0.2) is 36.7 Å². The van der Waals surface area contributed by atoms with Gasteiger partial charge in [-0.2, -0.15) is 0 Å². The van der Waals surface area contributed by atoms with E-state index in [-0.39, 0.29) is 5.82 Å². The SMILES string of the molecule is COc1cccc(OC)c1-n1c(C(=O)NN)nnc1-c1cncc(C)c1. The van der Waals surface area contributed by atoms with Gasteiger partial charge in [0, 0.05) is 18.0 Å². The molecule has 0 fully saturated rings. The molecule has 134 valence electrons. The Labute approximate surface area is 149 Å². The number of nitrogens with one attached hydrogen (secondary N) is 1. The molecule has 0 aliphatic heterocycles. The second-order valence-electron chi connectivity index (χ2n) is 5.42. The second-order valence-corrected chi connectivity index (χ2v) is 5.42. The van der Waals surface area contributed by atoms with Crippen molar-refractivity contribution in [3.63, 3.8) is 0 Å². The quantitative estimate of drug-likeness (QED) is 0.402. The molecule has 3 N–H and O–H groups in total. The highest BCUT2D eigenvalue weighted by molar-refractivity contribution is 5.92. The number of ether oxygens (including phenoxy) is 2. The number of carbonyl (C=O) groups is 1. The molecule has 2 aromatic heterocycles. The molecule has 0 aliphatic carbocycles. The van der Waals surface area contributed by atoms with Gasteiger partial charge in [0.15, 0.2) is 5.82 Å². The molecule has 9 heteroatoms. The van der Waals surface area contributed by atoms with Gasteiger partial charge in [-0.25, -0.2) is 5.84 Å². The standard InChI is InChI=1S/C17H18N6O3/c1-10-7-11(9-19-8-10)15-21-22-16(17(24)20-18)23(15)14-12(25-2)5-4-6-13(14)26-3/h4-9H,18H2,1-3H3,(H,20,24). The van der Waals surface area contributed by atoms with Gasteiger partial charge in [0.1, 0.15) is 17.2 Å². The molecule has 2 heterocycles. The van der Waals surface area contributed by atoms with E-state index >= 15 is 0 Å². The number of methoxy groups -OCH3 is 2. The summed E-state index contributed by atoms with van der Waals surface area (Å²) in [6.45, 7) is 1.91. The third kappa shape index (κ3) is 2.95. The first kappa shape index (κ1) is 17.4. The van der Waals surface area contributed by atoms with Crippen molar-refractivity contribution in [1.82, 2.24) is 25.2 Å². The molecule has 1 amide bonds. The molecule has 0 atom stereocenters. The Bertz CT molecular complexity index is 931. The predicted molar refractivity (Wildman–Crippen MR) is 94.1 cm³/mol. The fourth-order valence-corrected chi connectivity index (χ4v) is 2.62. The number of aromatic nitrogens is 4. The maximum atomic E-state index is 12.3. The number of nitrogens with zero attached hydrogens (tertiary/aromatic N) is 4. The maximum Gasteiger partial charge on any atom is 0.303 e. The van der Waals surface area contributed by atoms with Crippen molar-refractivity contribution >= 4 is 5.91 Å². The van der Waals surface area contributed by atoms with Crippen molar-refractivity contribution < 1.29 is 14.3 Å². The highest BCUT2D eigenvalue weighted by atomic mass is 16.5. The van der Waals surface area contributed by atoms with Crippen LogP contribution in [0.1, 0.15) is 16.2 Å². The first-order valence-electron chi connectivity index (χ1n) is 7.70. The van der Waals surface area contributed by atoms with E-state index in [1.807, 2.05) is 13.0 Å². The molecular weight excluding hydrogens is 336 g/mol. The zero-order chi connectivity index (χ0) is 18.7. The van der Waals surface area contributed by atoms with Gasteiger partial charge in [-0.05, 0) is 30.7 Å². The molecule has 0 unspecified atom stereocenters. The first-order chi connectivity index (χ1) is 12.6. The molecule has 3 rings (SSSR count). The number of nitrogens with two attached hydrogens (primary N) is 1. The summed E-state index contributed by atoms with van der Waals surface area (Å²) in [5.41, 5.74) is 4.19. The number of carbonyl (C=O) groups excluding carboxylic acids is 1. The number of para-hydroxylation sites is 1. The Hall–Kier alpha value is -3.46. The zero-order valence-corrected chi connectivity index (χ0v) is 14.6. The normalized spacial score (nSPS) is 10.5. The Morgan fingerprint density at radius 3 is 2.42 bits per heavy atom. The van der Waals surface area contributed by atoms with Crippen LogP contribution in [-0.2, 0) is 0 Å². The van der Waals surface area contributed by atoms with Crippen molar-refractivity contribution in [3.8, 4) is 28.6 Å². The minimum absolute atomic E-state index is 0.00759. The van der Waals surface area contributed by atoms with E-state index in [1.165, 1.54) is 18.8 Å². The fraction of sp³-hybridized carbons (Fsp3) is 0.176. The van der Waals surface area contributed by atoms with Gasteiger partial charge >= 0.3 is 5.91 Å². The van der Waals surface area contributed by atoms with Gasteiger partial charge in [0.05, 0.1) is 14.2 Å². The van der Waals surface area contributed by atoms with Crippen LogP contribution in [0.4, 0.5) is 0 Å². The number of benzene rings is 1. The van der Waals surface area contributed by atoms with Crippen LogP contribution in [0.2, 0.25) is 0 Å². The average molecular weight is 354 g/mol. The van der Waals surface area contributed by atoms with Crippen molar-refractivity contribution in [2.24, 2.45) is 5.84 Å². The van der Waals surface area contributed by atoms with Gasteiger partial charge in [-0.3, -0.25) is 19.8 Å². The molecule has 9 nitrogen and oxygen atoms in total. The molecule has 1 aromatic carbocycles. The number of hydrogen-bond acceptors (Lipinski definition) is 7. The zero-order valence-electron chi connectivity index (χ0n) is 14.6. The number of aryl methyl sites for hydroxylation is 1. The summed E-state index contributed by atoms with van der Waals surface area (Å²) in [6.07, 6.45) is 3.36. The van der Waals surface area contributed by atoms with E-state index < -0.39 is 5.91 Å². The van der Waals surface area contributed by atoms with Crippen LogP contribution >= 0.6 is 0 Å². The smallest absolute Gasteiger partial charge is 0.303 e. The highest BCUT2D eigenvalue weighted by Gasteiger charge is 2.25. The summed E-state index contributed by atoms with van der Waals surface area (Å²) >= 11 is 0. The van der Waals surface area contributed by atoms with Crippen LogP contribution < -0.4 is 20.7 Å². The van der Waals surface area contributed by atoms with Crippen LogP contribution in [0.3, 0.4) is 0 Å². The van der Waals surface area contributed by atoms with Gasteiger partial charge in [-0.1, -0.05) is 6.07 Å². The third-order valence-electron chi connectivity index (χ3n) is 3.76. The van der Waals surface area contributed by atoms with E-state index in [2.05, 4.69) is 20.6 Å². The minimum atomic E-state index is -0.600. The van der Waals surface area contributed by atoms with Crippen molar-refractivity contribution in [3.05, 3.63) is 48.0 Å². The molecule has 3 aromatic rings. The van der Waals surface area contributed by atoms with Crippen molar-refractivity contribution in [2.45, 2.75) is 6.92 Å². The van der Waals surface area contributed by atoms with Gasteiger partial charge in [0.25, 0.3) is 0 Å². The third-order valence-corrected chi connectivity index (χ3v) is 3.76. The van der Waals surface area contributed by atoms with Gasteiger partial charge in [-0.15, -0.1) is 10.2 Å². The largest absolute Gasteiger partial charge is 0.494 e. The molecular formula is C17H18N6O3. The predicted octanol–water partition coefficient (Wildman–Crippen LogP) is 1.26. The number of hydrazine groups is 1. The van der Waals surface area contributed by atoms with Crippen LogP contribution in [0.25, 0.3) is 17.1 Å². The maximum absolute atomic E-state index is 12.3. The van der Waals surface area contributed by atoms with E-state index in [0.29, 0.717) is 28.6 Å². The van der Waals surface area contributed by atoms with Crippen molar-refractivity contribution in [2.75, 3.05) is 14.2 Å². The molecule has 0 aliphatic rings. The van der Waals surface area contributed by atoms with E-state index in [1.54, 1.807) is 30.6 Å². The Kier molecular flexibility index (Phi) is 4.81. The lowest BCUT2D eigenvalue weighted by atomic mass is 10.2. The summed E-state index contributed by atoms with van der Waals surface area (Å²) in [5.74, 6) is 6.07. The molecule has 0 saturated carbocycles. The second kappa shape index (κ2) is 7.19. The van der Waals surface area contributed by atoms with E-state index in [9.17, 15) is 4.79 Å². The molecule has 0 bridgehead atoms. The van der Waals surface area contributed by atoms with E-state index in [0.717, 1.165) is 5.56 Å². The van der Waals surface area contributed by atoms with Crippen LogP contribution in [-0.4, -0.2) is 39.9 Å². The number of hydrogen-bond donors (Lipinski definition) is 2. The van der Waals surface area contributed by atoms with Crippen molar-refractivity contribution in [1.29, 1.82) is 0 Å². The summed E-state index contributed by atoms with van der Waals surface area (Å²) in [4.78, 5) is 16.4. The molecule has 26 heavy (non-hydrogen) atoms. The lowest BCUT2D eigenvalue weighted by molar-refractivity contribution is 0.0941. The molecule has 0 radical (unpaired) electrons. The summed E-state index contributed by atoms with van der Waals surface area (Å²) in [5, 5.41) is 8.17.